The first-order valence-corrected chi connectivity index (χ1v) is 10.8. The summed E-state index contributed by atoms with van der Waals surface area (Å²) in [6, 6.07) is 24.7. The second kappa shape index (κ2) is 9.03. The Hall–Kier alpha value is -2.98. The molecule has 3 nitrogen and oxygen atoms in total. The van der Waals surface area contributed by atoms with Crippen molar-refractivity contribution in [2.24, 2.45) is 0 Å². The number of carbonyl (C=O) groups is 1. The van der Waals surface area contributed by atoms with Crippen LogP contribution in [-0.2, 0) is 10.2 Å². The summed E-state index contributed by atoms with van der Waals surface area (Å²) in [7, 11) is 0. The highest BCUT2D eigenvalue weighted by Gasteiger charge is 2.41. The first-order chi connectivity index (χ1) is 15.0. The van der Waals surface area contributed by atoms with E-state index in [4.69, 9.17) is 0 Å². The summed E-state index contributed by atoms with van der Waals surface area (Å²) < 4.78 is 13.2. The van der Waals surface area contributed by atoms with E-state index in [9.17, 15) is 14.3 Å². The standard InChI is InChI=1S/C27H28FNO2/c1-20(21-7-9-22(10-8-21)23-11-13-25(28)14-12-23)29-17-15-27(16-18-30,19-26(29)31)24-5-3-2-4-6-24/h2-14,20,30H,15-19H2,1H3/t20-,27+/m0/s1. The van der Waals surface area contributed by atoms with Crippen LogP contribution in [0.1, 0.15) is 43.4 Å². The van der Waals surface area contributed by atoms with Crippen molar-refractivity contribution in [3.8, 4) is 11.1 Å². The molecule has 3 aromatic carbocycles. The Labute approximate surface area is 183 Å². The first-order valence-electron chi connectivity index (χ1n) is 10.8. The summed E-state index contributed by atoms with van der Waals surface area (Å²) in [5, 5.41) is 9.67. The SMILES string of the molecule is C[C@@H](c1ccc(-c2ccc(F)cc2)cc1)N1CC[C@](CCO)(c2ccccc2)CC1=O. The molecule has 3 aromatic rings. The van der Waals surface area contributed by atoms with Crippen molar-refractivity contribution < 1.29 is 14.3 Å². The smallest absolute Gasteiger partial charge is 0.223 e. The Kier molecular flexibility index (Phi) is 6.19. The maximum Gasteiger partial charge on any atom is 0.223 e. The van der Waals surface area contributed by atoms with Gasteiger partial charge in [-0.2, -0.15) is 0 Å². The van der Waals surface area contributed by atoms with Crippen LogP contribution in [-0.4, -0.2) is 29.1 Å². The maximum atomic E-state index is 13.2. The summed E-state index contributed by atoms with van der Waals surface area (Å²) in [4.78, 5) is 15.2. The minimum Gasteiger partial charge on any atom is -0.396 e. The number of hydrogen-bond acceptors (Lipinski definition) is 2. The lowest BCUT2D eigenvalue weighted by Crippen LogP contribution is -2.47. The molecule has 0 saturated carbocycles. The van der Waals surface area contributed by atoms with Gasteiger partial charge in [0.1, 0.15) is 5.82 Å². The van der Waals surface area contributed by atoms with Crippen LogP contribution in [0.3, 0.4) is 0 Å². The number of carbonyl (C=O) groups excluding carboxylic acids is 1. The van der Waals surface area contributed by atoms with Gasteiger partial charge in [-0.3, -0.25) is 4.79 Å². The topological polar surface area (TPSA) is 40.5 Å². The van der Waals surface area contributed by atoms with Gasteiger partial charge < -0.3 is 10.0 Å². The van der Waals surface area contributed by atoms with Crippen molar-refractivity contribution in [3.05, 3.63) is 95.8 Å². The van der Waals surface area contributed by atoms with Crippen LogP contribution in [0.5, 0.6) is 0 Å². The highest BCUT2D eigenvalue weighted by atomic mass is 19.1. The van der Waals surface area contributed by atoms with Crippen LogP contribution in [0.15, 0.2) is 78.9 Å². The third-order valence-electron chi connectivity index (χ3n) is 6.66. The number of nitrogens with zero attached hydrogens (tertiary/aromatic N) is 1. The largest absolute Gasteiger partial charge is 0.396 e. The molecule has 1 amide bonds. The summed E-state index contributed by atoms with van der Waals surface area (Å²) in [6.07, 6.45) is 1.84. The molecule has 1 heterocycles. The zero-order chi connectivity index (χ0) is 21.8. The number of halogens is 1. The van der Waals surface area contributed by atoms with E-state index in [1.165, 1.54) is 12.1 Å². The fraction of sp³-hybridized carbons (Fsp3) is 0.296. The second-order valence-corrected chi connectivity index (χ2v) is 8.44. The van der Waals surface area contributed by atoms with E-state index in [0.717, 1.165) is 28.7 Å². The molecular formula is C27H28FNO2. The molecule has 31 heavy (non-hydrogen) atoms. The summed E-state index contributed by atoms with van der Waals surface area (Å²) in [5.74, 6) is -0.121. The van der Waals surface area contributed by atoms with E-state index >= 15 is 0 Å². The molecular weight excluding hydrogens is 389 g/mol. The zero-order valence-corrected chi connectivity index (χ0v) is 17.8. The van der Waals surface area contributed by atoms with Crippen LogP contribution >= 0.6 is 0 Å². The van der Waals surface area contributed by atoms with Crippen molar-refractivity contribution in [1.82, 2.24) is 4.90 Å². The molecule has 0 radical (unpaired) electrons. The van der Waals surface area contributed by atoms with Crippen LogP contribution in [0.4, 0.5) is 4.39 Å². The van der Waals surface area contributed by atoms with Gasteiger partial charge in [-0.1, -0.05) is 66.7 Å². The van der Waals surface area contributed by atoms with Gasteiger partial charge in [-0.15, -0.1) is 0 Å². The molecule has 0 aliphatic carbocycles. The molecule has 0 bridgehead atoms. The van der Waals surface area contributed by atoms with Crippen molar-refractivity contribution in [3.63, 3.8) is 0 Å². The lowest BCUT2D eigenvalue weighted by Gasteiger charge is -2.43. The Morgan fingerprint density at radius 1 is 0.968 bits per heavy atom. The molecule has 1 fully saturated rings. The van der Waals surface area contributed by atoms with Gasteiger partial charge in [-0.05, 0) is 54.2 Å². The molecule has 2 atom stereocenters. The lowest BCUT2D eigenvalue weighted by molar-refractivity contribution is -0.138. The fourth-order valence-electron chi connectivity index (χ4n) is 4.73. The van der Waals surface area contributed by atoms with E-state index in [2.05, 4.69) is 19.1 Å². The van der Waals surface area contributed by atoms with Gasteiger partial charge in [0.2, 0.25) is 5.91 Å². The predicted molar refractivity (Wildman–Crippen MR) is 121 cm³/mol. The summed E-state index contributed by atoms with van der Waals surface area (Å²) in [6.45, 7) is 2.80. The Bertz CT molecular complexity index is 1020. The Balaban J connectivity index is 1.50. The average molecular weight is 418 g/mol. The molecule has 160 valence electrons. The number of aliphatic hydroxyl groups is 1. The predicted octanol–water partition coefficient (Wildman–Crippen LogP) is 5.50. The van der Waals surface area contributed by atoms with E-state index in [1.54, 1.807) is 12.1 Å². The number of rotatable bonds is 6. The maximum absolute atomic E-state index is 13.2. The molecule has 4 heteroatoms. The van der Waals surface area contributed by atoms with Gasteiger partial charge in [0, 0.05) is 25.0 Å². The van der Waals surface area contributed by atoms with Crippen LogP contribution in [0.25, 0.3) is 11.1 Å². The second-order valence-electron chi connectivity index (χ2n) is 8.44. The monoisotopic (exact) mass is 417 g/mol. The van der Waals surface area contributed by atoms with E-state index in [0.29, 0.717) is 19.4 Å². The number of aliphatic hydroxyl groups excluding tert-OH is 1. The number of likely N-dealkylation sites (tertiary alicyclic amines) is 1. The summed E-state index contributed by atoms with van der Waals surface area (Å²) >= 11 is 0. The van der Waals surface area contributed by atoms with E-state index < -0.39 is 0 Å². The molecule has 1 aliphatic rings. The number of amides is 1. The van der Waals surface area contributed by atoms with Gasteiger partial charge in [0.25, 0.3) is 0 Å². The van der Waals surface area contributed by atoms with E-state index in [1.807, 2.05) is 47.4 Å². The normalized spacial score (nSPS) is 20.0. The van der Waals surface area contributed by atoms with Gasteiger partial charge >= 0.3 is 0 Å². The van der Waals surface area contributed by atoms with Crippen LogP contribution in [0, 0.1) is 5.82 Å². The van der Waals surface area contributed by atoms with Crippen LogP contribution < -0.4 is 0 Å². The average Bonchev–Trinajstić information content (AvgIpc) is 2.80. The number of benzene rings is 3. The molecule has 0 spiro atoms. The number of piperidine rings is 1. The lowest BCUT2D eigenvalue weighted by atomic mass is 9.70. The fourth-order valence-corrected chi connectivity index (χ4v) is 4.73. The van der Waals surface area contributed by atoms with Crippen molar-refractivity contribution in [2.75, 3.05) is 13.2 Å². The van der Waals surface area contributed by atoms with Crippen molar-refractivity contribution in [2.45, 2.75) is 37.6 Å². The molecule has 1 N–H and O–H groups in total. The summed E-state index contributed by atoms with van der Waals surface area (Å²) in [5.41, 5.74) is 3.90. The molecule has 4 rings (SSSR count). The third kappa shape index (κ3) is 4.40. The van der Waals surface area contributed by atoms with Gasteiger partial charge in [0.15, 0.2) is 0 Å². The molecule has 0 unspecified atom stereocenters. The van der Waals surface area contributed by atoms with Gasteiger partial charge in [-0.25, -0.2) is 4.39 Å². The first kappa shape index (κ1) is 21.3. The van der Waals surface area contributed by atoms with Crippen molar-refractivity contribution >= 4 is 5.91 Å². The molecule has 1 aliphatic heterocycles. The quantitative estimate of drug-likeness (QED) is 0.576. The minimum absolute atomic E-state index is 0.0299. The highest BCUT2D eigenvalue weighted by molar-refractivity contribution is 5.79. The molecule has 0 aromatic heterocycles. The molecule has 1 saturated heterocycles. The Morgan fingerprint density at radius 3 is 2.16 bits per heavy atom. The minimum atomic E-state index is -0.296. The van der Waals surface area contributed by atoms with Crippen LogP contribution in [0.2, 0.25) is 0 Å². The zero-order valence-electron chi connectivity index (χ0n) is 17.8. The van der Waals surface area contributed by atoms with E-state index in [-0.39, 0.29) is 29.8 Å². The third-order valence-corrected chi connectivity index (χ3v) is 6.66. The van der Waals surface area contributed by atoms with Crippen molar-refractivity contribution in [1.29, 1.82) is 0 Å². The Morgan fingerprint density at radius 2 is 1.58 bits per heavy atom. The number of hydrogen-bond donors (Lipinski definition) is 1. The van der Waals surface area contributed by atoms with Gasteiger partial charge in [0.05, 0.1) is 6.04 Å². The highest BCUT2D eigenvalue weighted by Crippen LogP contribution is 2.41.